The van der Waals surface area contributed by atoms with E-state index in [0.717, 1.165) is 12.8 Å². The summed E-state index contributed by atoms with van der Waals surface area (Å²) in [6, 6.07) is 0. The van der Waals surface area contributed by atoms with Gasteiger partial charge >= 0.3 is 6.09 Å². The molecule has 0 bridgehead atoms. The van der Waals surface area contributed by atoms with Gasteiger partial charge in [0.25, 0.3) is 0 Å². The number of nitrogens with one attached hydrogen (secondary N) is 1. The number of amides is 2. The predicted molar refractivity (Wildman–Crippen MR) is 48.1 cm³/mol. The maximum Gasteiger partial charge on any atom is 0.407 e. The molecule has 0 aromatic carbocycles. The number of nitrogens with two attached hydrogens (primary N) is 1. The highest BCUT2D eigenvalue weighted by Crippen LogP contribution is 1.88. The number of hydrogen-bond acceptors (Lipinski definition) is 3. The first-order chi connectivity index (χ1) is 6.16. The molecule has 3 N–H and O–H groups in total. The Kier molecular flexibility index (Phi) is 6.68. The highest BCUT2D eigenvalue weighted by atomic mass is 16.5. The number of carbonyl (C=O) groups excluding carboxylic acids is 2. The van der Waals surface area contributed by atoms with Gasteiger partial charge < -0.3 is 15.8 Å². The van der Waals surface area contributed by atoms with Crippen LogP contribution in [0, 0.1) is 0 Å². The molecular weight excluding hydrogens is 172 g/mol. The fourth-order valence-corrected chi connectivity index (χ4v) is 0.648. The lowest BCUT2D eigenvalue weighted by atomic mass is 10.4. The molecule has 76 valence electrons. The molecule has 0 saturated carbocycles. The Hall–Kier alpha value is -1.26. The molecule has 0 aromatic heterocycles. The van der Waals surface area contributed by atoms with E-state index >= 15 is 0 Å². The molecule has 0 aliphatic carbocycles. The summed E-state index contributed by atoms with van der Waals surface area (Å²) in [4.78, 5) is 21.1. The molecule has 0 atom stereocenters. The van der Waals surface area contributed by atoms with Crippen LogP contribution in [0.15, 0.2) is 0 Å². The van der Waals surface area contributed by atoms with Crippen LogP contribution in [-0.4, -0.2) is 25.2 Å². The van der Waals surface area contributed by atoms with Crippen molar-refractivity contribution in [1.82, 2.24) is 5.32 Å². The van der Waals surface area contributed by atoms with Crippen molar-refractivity contribution in [1.29, 1.82) is 0 Å². The van der Waals surface area contributed by atoms with Gasteiger partial charge in [0, 0.05) is 13.0 Å². The zero-order valence-corrected chi connectivity index (χ0v) is 7.84. The van der Waals surface area contributed by atoms with Gasteiger partial charge in [-0.05, 0) is 6.42 Å². The Bertz CT molecular complexity index is 171. The molecule has 0 radical (unpaired) electrons. The quantitative estimate of drug-likeness (QED) is 0.591. The first-order valence-corrected chi connectivity index (χ1v) is 4.35. The molecular formula is C8H16N2O3. The van der Waals surface area contributed by atoms with Crippen molar-refractivity contribution in [3.63, 3.8) is 0 Å². The van der Waals surface area contributed by atoms with Crippen molar-refractivity contribution in [2.75, 3.05) is 13.2 Å². The van der Waals surface area contributed by atoms with E-state index in [-0.39, 0.29) is 13.0 Å². The van der Waals surface area contributed by atoms with Crippen molar-refractivity contribution in [3.8, 4) is 0 Å². The average molecular weight is 188 g/mol. The Labute approximate surface area is 77.6 Å². The number of hydrogen-bond donors (Lipinski definition) is 2. The maximum atomic E-state index is 10.8. The fourth-order valence-electron chi connectivity index (χ4n) is 0.648. The van der Waals surface area contributed by atoms with Gasteiger partial charge in [0.2, 0.25) is 5.91 Å². The second-order valence-electron chi connectivity index (χ2n) is 2.63. The van der Waals surface area contributed by atoms with E-state index in [0.29, 0.717) is 6.61 Å². The Morgan fingerprint density at radius 2 is 2.15 bits per heavy atom. The molecule has 5 heteroatoms. The number of rotatable bonds is 6. The first-order valence-electron chi connectivity index (χ1n) is 4.35. The zero-order chi connectivity index (χ0) is 10.1. The summed E-state index contributed by atoms with van der Waals surface area (Å²) >= 11 is 0. The van der Waals surface area contributed by atoms with Crippen molar-refractivity contribution >= 4 is 12.0 Å². The Morgan fingerprint density at radius 3 is 2.69 bits per heavy atom. The van der Waals surface area contributed by atoms with Gasteiger partial charge in [-0.2, -0.15) is 0 Å². The van der Waals surface area contributed by atoms with E-state index in [9.17, 15) is 9.59 Å². The highest BCUT2D eigenvalue weighted by Gasteiger charge is 2.00. The SMILES string of the molecule is CCCCOC(=O)NCCC(N)=O. The molecule has 0 aliphatic rings. The molecule has 0 spiro atoms. The number of ether oxygens (including phenoxy) is 1. The van der Waals surface area contributed by atoms with Gasteiger partial charge in [0.05, 0.1) is 6.61 Å². The van der Waals surface area contributed by atoms with E-state index in [1.165, 1.54) is 0 Å². The summed E-state index contributed by atoms with van der Waals surface area (Å²) in [5.74, 6) is -0.436. The number of unbranched alkanes of at least 4 members (excludes halogenated alkanes) is 1. The van der Waals surface area contributed by atoms with Crippen LogP contribution in [0.4, 0.5) is 4.79 Å². The van der Waals surface area contributed by atoms with Gasteiger partial charge in [-0.1, -0.05) is 13.3 Å². The van der Waals surface area contributed by atoms with Crippen LogP contribution in [0.3, 0.4) is 0 Å². The largest absolute Gasteiger partial charge is 0.450 e. The van der Waals surface area contributed by atoms with Crippen molar-refractivity contribution < 1.29 is 14.3 Å². The lowest BCUT2D eigenvalue weighted by Gasteiger charge is -2.04. The highest BCUT2D eigenvalue weighted by molar-refractivity contribution is 5.75. The van der Waals surface area contributed by atoms with E-state index in [4.69, 9.17) is 10.5 Å². The standard InChI is InChI=1S/C8H16N2O3/c1-2-3-6-13-8(12)10-5-4-7(9)11/h2-6H2,1H3,(H2,9,11)(H,10,12). The first kappa shape index (κ1) is 11.7. The van der Waals surface area contributed by atoms with Gasteiger partial charge in [0.15, 0.2) is 0 Å². The summed E-state index contributed by atoms with van der Waals surface area (Å²) in [5.41, 5.74) is 4.87. The zero-order valence-electron chi connectivity index (χ0n) is 7.84. The van der Waals surface area contributed by atoms with Crippen LogP contribution in [-0.2, 0) is 9.53 Å². The molecule has 13 heavy (non-hydrogen) atoms. The average Bonchev–Trinajstić information content (AvgIpc) is 2.04. The maximum absolute atomic E-state index is 10.8. The van der Waals surface area contributed by atoms with Crippen molar-refractivity contribution in [2.45, 2.75) is 26.2 Å². The summed E-state index contributed by atoms with van der Waals surface area (Å²) in [5, 5.41) is 2.41. The van der Waals surface area contributed by atoms with E-state index in [1.54, 1.807) is 0 Å². The molecule has 2 amide bonds. The monoisotopic (exact) mass is 188 g/mol. The molecule has 0 aromatic rings. The lowest BCUT2D eigenvalue weighted by molar-refractivity contribution is -0.117. The normalized spacial score (nSPS) is 9.31. The number of primary amides is 1. The van der Waals surface area contributed by atoms with E-state index in [2.05, 4.69) is 5.32 Å². The molecule has 0 unspecified atom stereocenters. The van der Waals surface area contributed by atoms with E-state index < -0.39 is 12.0 Å². The molecule has 0 fully saturated rings. The molecule has 5 nitrogen and oxygen atoms in total. The van der Waals surface area contributed by atoms with Gasteiger partial charge in [-0.15, -0.1) is 0 Å². The Morgan fingerprint density at radius 1 is 1.46 bits per heavy atom. The molecule has 0 saturated heterocycles. The van der Waals surface area contributed by atoms with E-state index in [1.807, 2.05) is 6.92 Å². The third-order valence-electron chi connectivity index (χ3n) is 1.37. The van der Waals surface area contributed by atoms with Crippen LogP contribution in [0.2, 0.25) is 0 Å². The minimum Gasteiger partial charge on any atom is -0.450 e. The summed E-state index contributed by atoms with van der Waals surface area (Å²) in [6.45, 7) is 2.66. The second-order valence-corrected chi connectivity index (χ2v) is 2.63. The van der Waals surface area contributed by atoms with Gasteiger partial charge in [0.1, 0.15) is 0 Å². The minimum absolute atomic E-state index is 0.142. The third-order valence-corrected chi connectivity index (χ3v) is 1.37. The smallest absolute Gasteiger partial charge is 0.407 e. The van der Waals surface area contributed by atoms with Crippen molar-refractivity contribution in [2.24, 2.45) is 5.73 Å². The second kappa shape index (κ2) is 7.39. The number of alkyl carbamates (subject to hydrolysis) is 1. The lowest BCUT2D eigenvalue weighted by Crippen LogP contribution is -2.28. The van der Waals surface area contributed by atoms with Crippen LogP contribution >= 0.6 is 0 Å². The predicted octanol–water partition coefficient (Wildman–Crippen LogP) is 0.388. The van der Waals surface area contributed by atoms with Crippen LogP contribution < -0.4 is 11.1 Å². The molecule has 0 aliphatic heterocycles. The molecule has 0 heterocycles. The van der Waals surface area contributed by atoms with Crippen LogP contribution in [0.25, 0.3) is 0 Å². The topological polar surface area (TPSA) is 81.4 Å². The summed E-state index contributed by atoms with van der Waals surface area (Å²) in [7, 11) is 0. The Balaban J connectivity index is 3.25. The van der Waals surface area contributed by atoms with Gasteiger partial charge in [-0.25, -0.2) is 4.79 Å². The summed E-state index contributed by atoms with van der Waals surface area (Å²) < 4.78 is 4.76. The minimum atomic E-state index is -0.491. The van der Waals surface area contributed by atoms with Crippen LogP contribution in [0.1, 0.15) is 26.2 Å². The van der Waals surface area contributed by atoms with Gasteiger partial charge in [-0.3, -0.25) is 4.79 Å². The third kappa shape index (κ3) is 8.65. The fraction of sp³-hybridized carbons (Fsp3) is 0.750. The summed E-state index contributed by atoms with van der Waals surface area (Å²) in [6.07, 6.45) is 1.48. The molecule has 0 rings (SSSR count). The van der Waals surface area contributed by atoms with Crippen LogP contribution in [0.5, 0.6) is 0 Å². The van der Waals surface area contributed by atoms with Crippen molar-refractivity contribution in [3.05, 3.63) is 0 Å². The number of carbonyl (C=O) groups is 2.